The molecule has 0 aliphatic heterocycles. The van der Waals surface area contributed by atoms with Crippen LogP contribution in [0.1, 0.15) is 26.7 Å². The van der Waals surface area contributed by atoms with Gasteiger partial charge in [-0.2, -0.15) is 0 Å². The van der Waals surface area contributed by atoms with Crippen LogP contribution in [-0.2, 0) is 0 Å². The van der Waals surface area contributed by atoms with Crippen LogP contribution in [0, 0.1) is 10.8 Å². The van der Waals surface area contributed by atoms with Crippen molar-refractivity contribution in [3.8, 4) is 5.75 Å². The summed E-state index contributed by atoms with van der Waals surface area (Å²) in [5, 5.41) is 8.07. The Labute approximate surface area is 121 Å². The van der Waals surface area contributed by atoms with E-state index in [4.69, 9.17) is 27.5 Å². The van der Waals surface area contributed by atoms with E-state index in [9.17, 15) is 0 Å². The first-order chi connectivity index (χ1) is 8.33. The minimum atomic E-state index is -0.273. The van der Waals surface area contributed by atoms with Gasteiger partial charge in [0.15, 0.2) is 0 Å². The Kier molecular flexibility index (Phi) is 5.47. The average Bonchev–Trinajstić information content (AvgIpc) is 2.28. The van der Waals surface area contributed by atoms with E-state index in [1.807, 2.05) is 26.0 Å². The maximum atomic E-state index is 7.47. The van der Waals surface area contributed by atoms with Gasteiger partial charge in [0.05, 0.1) is 17.5 Å². The van der Waals surface area contributed by atoms with Gasteiger partial charge in [-0.1, -0.05) is 41.4 Å². The number of amidine groups is 1. The molecule has 3 N–H and O–H groups in total. The van der Waals surface area contributed by atoms with Crippen molar-refractivity contribution in [2.24, 2.45) is 11.1 Å². The van der Waals surface area contributed by atoms with E-state index in [1.165, 1.54) is 0 Å². The van der Waals surface area contributed by atoms with Crippen LogP contribution in [0.4, 0.5) is 0 Å². The maximum absolute atomic E-state index is 7.47. The van der Waals surface area contributed by atoms with Crippen LogP contribution in [0.2, 0.25) is 5.02 Å². The molecule has 3 nitrogen and oxygen atoms in total. The molecule has 0 amide bonds. The molecule has 0 fully saturated rings. The highest BCUT2D eigenvalue weighted by atomic mass is 79.9. The van der Waals surface area contributed by atoms with Gasteiger partial charge in [-0.05, 0) is 31.0 Å². The first kappa shape index (κ1) is 15.3. The van der Waals surface area contributed by atoms with Crippen molar-refractivity contribution >= 4 is 33.4 Å². The summed E-state index contributed by atoms with van der Waals surface area (Å²) >= 11 is 9.39. The molecule has 5 heteroatoms. The Balaban J connectivity index is 2.43. The van der Waals surface area contributed by atoms with Crippen LogP contribution in [0.3, 0.4) is 0 Å². The minimum absolute atomic E-state index is 0.211. The van der Waals surface area contributed by atoms with E-state index in [-0.39, 0.29) is 11.3 Å². The van der Waals surface area contributed by atoms with Crippen LogP contribution in [0.5, 0.6) is 5.75 Å². The highest BCUT2D eigenvalue weighted by Crippen LogP contribution is 2.28. The second-order valence-electron chi connectivity index (χ2n) is 4.82. The molecule has 1 aromatic rings. The van der Waals surface area contributed by atoms with Crippen molar-refractivity contribution in [3.05, 3.63) is 27.7 Å². The second-order valence-corrected chi connectivity index (χ2v) is 6.15. The van der Waals surface area contributed by atoms with Crippen LogP contribution in [-0.4, -0.2) is 12.4 Å². The summed E-state index contributed by atoms with van der Waals surface area (Å²) in [6.07, 6.45) is 1.64. The third-order valence-corrected chi connectivity index (χ3v) is 3.63. The average molecular weight is 334 g/mol. The Morgan fingerprint density at radius 2 is 2.17 bits per heavy atom. The van der Waals surface area contributed by atoms with E-state index in [0.717, 1.165) is 17.3 Å². The van der Waals surface area contributed by atoms with Crippen LogP contribution in [0.15, 0.2) is 22.7 Å². The fourth-order valence-electron chi connectivity index (χ4n) is 1.42. The molecule has 0 aliphatic rings. The van der Waals surface area contributed by atoms with E-state index in [0.29, 0.717) is 17.4 Å². The van der Waals surface area contributed by atoms with Gasteiger partial charge in [0, 0.05) is 9.89 Å². The van der Waals surface area contributed by atoms with E-state index >= 15 is 0 Å². The van der Waals surface area contributed by atoms with Gasteiger partial charge >= 0.3 is 0 Å². The third kappa shape index (κ3) is 4.50. The maximum Gasteiger partial charge on any atom is 0.139 e. The largest absolute Gasteiger partial charge is 0.492 e. The normalized spacial score (nSPS) is 11.3. The molecule has 1 rings (SSSR count). The number of halogens is 2. The second kappa shape index (κ2) is 6.43. The number of rotatable bonds is 6. The van der Waals surface area contributed by atoms with Gasteiger partial charge < -0.3 is 10.5 Å². The zero-order valence-electron chi connectivity index (χ0n) is 10.6. The van der Waals surface area contributed by atoms with Gasteiger partial charge in [-0.25, -0.2) is 0 Å². The number of nitrogens with two attached hydrogens (primary N) is 1. The lowest BCUT2D eigenvalue weighted by molar-refractivity contribution is 0.287. The lowest BCUT2D eigenvalue weighted by atomic mass is 9.87. The van der Waals surface area contributed by atoms with Crippen LogP contribution >= 0.6 is 27.5 Å². The monoisotopic (exact) mass is 332 g/mol. The van der Waals surface area contributed by atoms with Crippen molar-refractivity contribution in [2.75, 3.05) is 6.61 Å². The van der Waals surface area contributed by atoms with E-state index < -0.39 is 0 Å². The van der Waals surface area contributed by atoms with Crippen LogP contribution in [0.25, 0.3) is 0 Å². The number of hydrogen-bond donors (Lipinski definition) is 2. The first-order valence-electron chi connectivity index (χ1n) is 5.75. The van der Waals surface area contributed by atoms with Gasteiger partial charge in [0.2, 0.25) is 0 Å². The molecule has 0 saturated carbocycles. The van der Waals surface area contributed by atoms with Crippen molar-refractivity contribution in [1.29, 1.82) is 5.41 Å². The molecule has 0 spiro atoms. The summed E-state index contributed by atoms with van der Waals surface area (Å²) < 4.78 is 6.56. The number of hydrogen-bond acceptors (Lipinski definition) is 2. The SMILES string of the molecule is CC(C)(CCCOc1cc(Br)ccc1Cl)C(=N)N. The molecule has 0 saturated heterocycles. The summed E-state index contributed by atoms with van der Waals surface area (Å²) in [6.45, 7) is 4.48. The zero-order chi connectivity index (χ0) is 13.8. The Hall–Kier alpha value is -0.740. The van der Waals surface area contributed by atoms with Gasteiger partial charge in [0.1, 0.15) is 5.75 Å². The zero-order valence-corrected chi connectivity index (χ0v) is 12.9. The summed E-state index contributed by atoms with van der Waals surface area (Å²) in [5.74, 6) is 0.884. The molecule has 0 atom stereocenters. The van der Waals surface area contributed by atoms with Crippen molar-refractivity contribution in [2.45, 2.75) is 26.7 Å². The van der Waals surface area contributed by atoms with Crippen molar-refractivity contribution in [1.82, 2.24) is 0 Å². The van der Waals surface area contributed by atoms with Gasteiger partial charge in [0.25, 0.3) is 0 Å². The summed E-state index contributed by atoms with van der Waals surface area (Å²) in [7, 11) is 0. The Morgan fingerprint density at radius 1 is 1.50 bits per heavy atom. The molecule has 0 bridgehead atoms. The fraction of sp³-hybridized carbons (Fsp3) is 0.462. The van der Waals surface area contributed by atoms with Crippen molar-refractivity contribution < 1.29 is 4.74 Å². The predicted molar refractivity (Wildman–Crippen MR) is 79.6 cm³/mol. The quantitative estimate of drug-likeness (QED) is 0.465. The molecular formula is C13H18BrClN2O. The molecule has 0 radical (unpaired) electrons. The third-order valence-electron chi connectivity index (χ3n) is 2.83. The summed E-state index contributed by atoms with van der Waals surface area (Å²) in [4.78, 5) is 0. The highest BCUT2D eigenvalue weighted by Gasteiger charge is 2.20. The number of nitrogens with one attached hydrogen (secondary N) is 1. The lowest BCUT2D eigenvalue weighted by Gasteiger charge is -2.22. The molecule has 0 aromatic heterocycles. The predicted octanol–water partition coefficient (Wildman–Crippen LogP) is 4.22. The van der Waals surface area contributed by atoms with Crippen LogP contribution < -0.4 is 10.5 Å². The number of benzene rings is 1. The Bertz CT molecular complexity index is 435. The Morgan fingerprint density at radius 3 is 2.78 bits per heavy atom. The molecule has 0 aliphatic carbocycles. The molecule has 0 heterocycles. The standard InChI is InChI=1S/C13H18BrClN2O/c1-13(2,12(16)17)6-3-7-18-11-8-9(14)4-5-10(11)15/h4-5,8H,3,6-7H2,1-2H3,(H3,16,17). The topological polar surface area (TPSA) is 59.1 Å². The molecule has 1 aromatic carbocycles. The lowest BCUT2D eigenvalue weighted by Crippen LogP contribution is -2.31. The van der Waals surface area contributed by atoms with E-state index in [2.05, 4.69) is 15.9 Å². The van der Waals surface area contributed by atoms with Gasteiger partial charge in [-0.3, -0.25) is 5.41 Å². The summed E-state index contributed by atoms with van der Waals surface area (Å²) in [5.41, 5.74) is 5.25. The molecular weight excluding hydrogens is 316 g/mol. The first-order valence-corrected chi connectivity index (χ1v) is 6.92. The molecule has 100 valence electrons. The highest BCUT2D eigenvalue weighted by molar-refractivity contribution is 9.10. The van der Waals surface area contributed by atoms with Crippen molar-refractivity contribution in [3.63, 3.8) is 0 Å². The fourth-order valence-corrected chi connectivity index (χ4v) is 1.93. The number of ether oxygens (including phenoxy) is 1. The smallest absolute Gasteiger partial charge is 0.139 e. The molecule has 18 heavy (non-hydrogen) atoms. The minimum Gasteiger partial charge on any atom is -0.492 e. The van der Waals surface area contributed by atoms with Gasteiger partial charge in [-0.15, -0.1) is 0 Å². The molecule has 0 unspecified atom stereocenters. The summed E-state index contributed by atoms with van der Waals surface area (Å²) in [6, 6.07) is 5.51. The van der Waals surface area contributed by atoms with E-state index in [1.54, 1.807) is 6.07 Å².